The maximum absolute atomic E-state index is 12.5. The van der Waals surface area contributed by atoms with Crippen LogP contribution >= 0.6 is 0 Å². The predicted molar refractivity (Wildman–Crippen MR) is 91.7 cm³/mol. The second-order valence-corrected chi connectivity index (χ2v) is 7.71. The molecule has 144 valence electrons. The van der Waals surface area contributed by atoms with Crippen molar-refractivity contribution in [3.05, 3.63) is 28.3 Å². The molecule has 1 aliphatic carbocycles. The minimum Gasteiger partial charge on any atom is -0.490 e. The first kappa shape index (κ1) is 20.1. The molecule has 1 saturated carbocycles. The number of likely N-dealkylation sites (N-methyl/N-ethyl adjacent to an activating group) is 1. The lowest BCUT2D eigenvalue weighted by atomic mass is 9.86. The summed E-state index contributed by atoms with van der Waals surface area (Å²) < 4.78 is 32.4. The molecule has 1 aliphatic rings. The summed E-state index contributed by atoms with van der Waals surface area (Å²) in [5.41, 5.74) is -0.317. The summed E-state index contributed by atoms with van der Waals surface area (Å²) in [4.78, 5) is 22.7. The molecule has 1 aromatic carbocycles. The molecule has 0 aromatic heterocycles. The summed E-state index contributed by atoms with van der Waals surface area (Å²) in [6.45, 7) is 2.33. The lowest BCUT2D eigenvalue weighted by Crippen LogP contribution is -2.54. The van der Waals surface area contributed by atoms with Gasteiger partial charge in [-0.05, 0) is 25.5 Å². The van der Waals surface area contributed by atoms with E-state index < -0.39 is 20.9 Å². The number of benzene rings is 1. The van der Waals surface area contributed by atoms with Gasteiger partial charge in [-0.2, -0.15) is 0 Å². The van der Waals surface area contributed by atoms with Crippen molar-refractivity contribution in [1.29, 1.82) is 0 Å². The summed E-state index contributed by atoms with van der Waals surface area (Å²) in [6.07, 6.45) is 1.01. The van der Waals surface area contributed by atoms with Crippen LogP contribution in [-0.2, 0) is 14.8 Å². The number of aliphatic carboxylic acids is 1. The maximum atomic E-state index is 12.5. The Morgan fingerprint density at radius 1 is 1.46 bits per heavy atom. The number of rotatable bonds is 9. The lowest BCUT2D eigenvalue weighted by Gasteiger charge is -2.42. The molecule has 26 heavy (non-hydrogen) atoms. The van der Waals surface area contributed by atoms with Crippen molar-refractivity contribution in [2.24, 2.45) is 0 Å². The van der Waals surface area contributed by atoms with Crippen molar-refractivity contribution >= 4 is 21.7 Å². The van der Waals surface area contributed by atoms with Crippen LogP contribution in [0, 0.1) is 10.1 Å². The molecule has 10 nitrogen and oxygen atoms in total. The molecule has 0 heterocycles. The van der Waals surface area contributed by atoms with E-state index in [1.165, 1.54) is 7.11 Å². The average Bonchev–Trinajstić information content (AvgIpc) is 2.54. The van der Waals surface area contributed by atoms with Crippen molar-refractivity contribution in [3.8, 4) is 5.75 Å². The van der Waals surface area contributed by atoms with E-state index in [9.17, 15) is 23.3 Å². The second kappa shape index (κ2) is 7.98. The SMILES string of the molecule is CCN(CC(=O)O)C1CC(NS(=O)(=O)c2ccc([N+](=O)[O-])c(OC)c2)C1. The first-order valence-electron chi connectivity index (χ1n) is 7.98. The van der Waals surface area contributed by atoms with Gasteiger partial charge in [0, 0.05) is 24.2 Å². The van der Waals surface area contributed by atoms with Crippen LogP contribution in [0.2, 0.25) is 0 Å². The van der Waals surface area contributed by atoms with E-state index in [4.69, 9.17) is 9.84 Å². The zero-order chi connectivity index (χ0) is 19.5. The molecule has 2 N–H and O–H groups in total. The Bertz CT molecular complexity index is 790. The van der Waals surface area contributed by atoms with Crippen molar-refractivity contribution in [2.75, 3.05) is 20.2 Å². The Morgan fingerprint density at radius 2 is 2.12 bits per heavy atom. The van der Waals surface area contributed by atoms with Gasteiger partial charge in [0.25, 0.3) is 0 Å². The molecule has 0 amide bonds. The van der Waals surface area contributed by atoms with Crippen molar-refractivity contribution in [3.63, 3.8) is 0 Å². The van der Waals surface area contributed by atoms with E-state index in [-0.39, 0.29) is 35.0 Å². The molecule has 0 radical (unpaired) electrons. The minimum absolute atomic E-state index is 0.00944. The van der Waals surface area contributed by atoms with E-state index in [1.807, 2.05) is 6.92 Å². The average molecular weight is 387 g/mol. The molecular weight excluding hydrogens is 366 g/mol. The van der Waals surface area contributed by atoms with Gasteiger partial charge in [-0.15, -0.1) is 0 Å². The number of carboxylic acids is 1. The first-order valence-corrected chi connectivity index (χ1v) is 9.46. The van der Waals surface area contributed by atoms with Crippen LogP contribution < -0.4 is 9.46 Å². The Morgan fingerprint density at radius 3 is 2.62 bits per heavy atom. The standard InChI is InChI=1S/C15H21N3O7S/c1-3-17(9-15(19)20)11-6-10(7-11)16-26(23,24)12-4-5-13(18(21)22)14(8-12)25-2/h4-5,8,10-11,16H,3,6-7,9H2,1-2H3,(H,19,20). The number of nitro benzene ring substituents is 1. The summed E-state index contributed by atoms with van der Waals surface area (Å²) in [6, 6.07) is 3.05. The van der Waals surface area contributed by atoms with Gasteiger partial charge in [-0.1, -0.05) is 6.92 Å². The van der Waals surface area contributed by atoms with E-state index in [0.717, 1.165) is 18.2 Å². The Kier molecular flexibility index (Phi) is 6.16. The number of ether oxygens (including phenoxy) is 1. The van der Waals surface area contributed by atoms with Gasteiger partial charge in [0.1, 0.15) is 0 Å². The van der Waals surface area contributed by atoms with Crippen LogP contribution in [0.25, 0.3) is 0 Å². The summed E-state index contributed by atoms with van der Waals surface area (Å²) in [5.74, 6) is -1.06. The number of hydrogen-bond donors (Lipinski definition) is 2. The molecule has 1 fully saturated rings. The lowest BCUT2D eigenvalue weighted by molar-refractivity contribution is -0.385. The molecule has 0 unspecified atom stereocenters. The summed E-state index contributed by atoms with van der Waals surface area (Å²) in [7, 11) is -2.64. The van der Waals surface area contributed by atoms with E-state index in [2.05, 4.69) is 4.72 Å². The minimum atomic E-state index is -3.86. The van der Waals surface area contributed by atoms with Gasteiger partial charge >= 0.3 is 11.7 Å². The van der Waals surface area contributed by atoms with Gasteiger partial charge in [0.05, 0.1) is 23.5 Å². The van der Waals surface area contributed by atoms with Gasteiger partial charge in [-0.25, -0.2) is 13.1 Å². The number of nitrogens with one attached hydrogen (secondary N) is 1. The Balaban J connectivity index is 2.04. The fourth-order valence-electron chi connectivity index (χ4n) is 2.92. The summed E-state index contributed by atoms with van der Waals surface area (Å²) in [5, 5.41) is 19.8. The molecule has 0 aliphatic heterocycles. The smallest absolute Gasteiger partial charge is 0.317 e. The molecular formula is C15H21N3O7S. The second-order valence-electron chi connectivity index (χ2n) is 5.99. The van der Waals surface area contributed by atoms with Crippen molar-refractivity contribution in [2.45, 2.75) is 36.7 Å². The maximum Gasteiger partial charge on any atom is 0.317 e. The summed E-state index contributed by atoms with van der Waals surface area (Å²) >= 11 is 0. The van der Waals surface area contributed by atoms with Crippen molar-refractivity contribution < 1.29 is 28.0 Å². The number of carboxylic acid groups (broad SMARTS) is 1. The van der Waals surface area contributed by atoms with Crippen LogP contribution in [0.15, 0.2) is 23.1 Å². The monoisotopic (exact) mass is 387 g/mol. The molecule has 0 saturated heterocycles. The Labute approximate surface area is 151 Å². The van der Waals surface area contributed by atoms with E-state index in [0.29, 0.717) is 19.4 Å². The fraction of sp³-hybridized carbons (Fsp3) is 0.533. The van der Waals surface area contributed by atoms with Gasteiger partial charge in [0.2, 0.25) is 10.0 Å². The van der Waals surface area contributed by atoms with Crippen LogP contribution in [0.4, 0.5) is 5.69 Å². The normalized spacial score (nSPS) is 19.8. The number of carbonyl (C=O) groups is 1. The highest BCUT2D eigenvalue weighted by molar-refractivity contribution is 7.89. The molecule has 0 bridgehead atoms. The Hall–Kier alpha value is -2.24. The number of nitro groups is 1. The zero-order valence-corrected chi connectivity index (χ0v) is 15.2. The third kappa shape index (κ3) is 4.48. The van der Waals surface area contributed by atoms with E-state index in [1.54, 1.807) is 4.90 Å². The molecule has 11 heteroatoms. The fourth-order valence-corrected chi connectivity index (χ4v) is 4.20. The van der Waals surface area contributed by atoms with Gasteiger partial charge in [0.15, 0.2) is 5.75 Å². The van der Waals surface area contributed by atoms with Gasteiger partial charge in [-0.3, -0.25) is 19.8 Å². The largest absolute Gasteiger partial charge is 0.490 e. The van der Waals surface area contributed by atoms with Gasteiger partial charge < -0.3 is 9.84 Å². The number of hydrogen-bond acceptors (Lipinski definition) is 7. The van der Waals surface area contributed by atoms with Crippen molar-refractivity contribution in [1.82, 2.24) is 9.62 Å². The zero-order valence-electron chi connectivity index (χ0n) is 14.4. The number of sulfonamides is 1. The molecule has 1 aromatic rings. The highest BCUT2D eigenvalue weighted by atomic mass is 32.2. The van der Waals surface area contributed by atoms with E-state index >= 15 is 0 Å². The predicted octanol–water partition coefficient (Wildman–Crippen LogP) is 0.819. The topological polar surface area (TPSA) is 139 Å². The molecule has 0 spiro atoms. The van der Waals surface area contributed by atoms with Crippen LogP contribution in [0.3, 0.4) is 0 Å². The molecule has 0 atom stereocenters. The quantitative estimate of drug-likeness (QED) is 0.469. The third-order valence-corrected chi connectivity index (χ3v) is 5.87. The van der Waals surface area contributed by atoms with Crippen LogP contribution in [0.1, 0.15) is 19.8 Å². The van der Waals surface area contributed by atoms with Crippen LogP contribution in [-0.4, -0.2) is 61.6 Å². The van der Waals surface area contributed by atoms with Crippen LogP contribution in [0.5, 0.6) is 5.75 Å². The highest BCUT2D eigenvalue weighted by Gasteiger charge is 2.36. The first-order chi connectivity index (χ1) is 12.2. The number of nitrogens with zero attached hydrogens (tertiary/aromatic N) is 2. The number of methoxy groups -OCH3 is 1. The molecule has 2 rings (SSSR count). The highest BCUT2D eigenvalue weighted by Crippen LogP contribution is 2.31. The third-order valence-electron chi connectivity index (χ3n) is 4.35.